The zero-order chi connectivity index (χ0) is 10.7. The van der Waals surface area contributed by atoms with E-state index in [2.05, 4.69) is 5.32 Å². The third kappa shape index (κ3) is 2.20. The minimum Gasteiger partial charge on any atom is -0.505 e. The fraction of sp³-hybridized carbons (Fsp3) is 0.400. The highest BCUT2D eigenvalue weighted by molar-refractivity contribution is 5.36. The summed E-state index contributed by atoms with van der Waals surface area (Å²) in [5, 5.41) is 12.3. The Morgan fingerprint density at radius 3 is 2.64 bits per heavy atom. The van der Waals surface area contributed by atoms with Crippen molar-refractivity contribution in [3.05, 3.63) is 29.3 Å². The van der Waals surface area contributed by atoms with E-state index >= 15 is 0 Å². The van der Waals surface area contributed by atoms with Gasteiger partial charge in [0.2, 0.25) is 0 Å². The first-order valence-corrected chi connectivity index (χ1v) is 4.47. The molecule has 0 heterocycles. The van der Waals surface area contributed by atoms with Gasteiger partial charge in [-0.15, -0.1) is 0 Å². The summed E-state index contributed by atoms with van der Waals surface area (Å²) in [6.07, 6.45) is 0. The molecule has 1 aromatic rings. The molecule has 0 aliphatic heterocycles. The summed E-state index contributed by atoms with van der Waals surface area (Å²) in [6, 6.07) is 1.52. The number of hydrogen-bond acceptors (Lipinski definition) is 2. The monoisotopic (exact) mass is 201 g/mol. The van der Waals surface area contributed by atoms with Crippen LogP contribution >= 0.6 is 0 Å². The van der Waals surface area contributed by atoms with E-state index in [1.807, 2.05) is 6.92 Å². The Morgan fingerprint density at radius 2 is 2.07 bits per heavy atom. The van der Waals surface area contributed by atoms with E-state index in [9.17, 15) is 13.9 Å². The molecule has 1 atom stereocenters. The SMILES string of the molecule is CCNC(C)c1cc(F)cc(F)c1O. The van der Waals surface area contributed by atoms with Crippen LogP contribution in [0.1, 0.15) is 25.5 Å². The van der Waals surface area contributed by atoms with Crippen molar-refractivity contribution < 1.29 is 13.9 Å². The second-order valence-electron chi connectivity index (χ2n) is 3.10. The molecule has 2 nitrogen and oxygen atoms in total. The maximum Gasteiger partial charge on any atom is 0.168 e. The molecule has 14 heavy (non-hydrogen) atoms. The summed E-state index contributed by atoms with van der Waals surface area (Å²) in [5.74, 6) is -2.09. The Labute approximate surface area is 81.6 Å². The second-order valence-corrected chi connectivity index (χ2v) is 3.10. The third-order valence-electron chi connectivity index (χ3n) is 2.03. The van der Waals surface area contributed by atoms with Gasteiger partial charge in [-0.25, -0.2) is 8.78 Å². The maximum absolute atomic E-state index is 12.9. The lowest BCUT2D eigenvalue weighted by Crippen LogP contribution is -2.18. The van der Waals surface area contributed by atoms with Gasteiger partial charge in [0.1, 0.15) is 5.82 Å². The average molecular weight is 201 g/mol. The van der Waals surface area contributed by atoms with Crippen molar-refractivity contribution in [2.45, 2.75) is 19.9 Å². The third-order valence-corrected chi connectivity index (χ3v) is 2.03. The minimum atomic E-state index is -0.926. The summed E-state index contributed by atoms with van der Waals surface area (Å²) in [7, 11) is 0. The van der Waals surface area contributed by atoms with Gasteiger partial charge >= 0.3 is 0 Å². The highest BCUT2D eigenvalue weighted by Gasteiger charge is 2.14. The first kappa shape index (κ1) is 10.9. The zero-order valence-electron chi connectivity index (χ0n) is 8.14. The van der Waals surface area contributed by atoms with Crippen molar-refractivity contribution in [1.82, 2.24) is 5.32 Å². The maximum atomic E-state index is 12.9. The molecule has 0 radical (unpaired) electrons. The van der Waals surface area contributed by atoms with Crippen LogP contribution in [0.15, 0.2) is 12.1 Å². The van der Waals surface area contributed by atoms with Crippen LogP contribution < -0.4 is 5.32 Å². The Morgan fingerprint density at radius 1 is 1.43 bits per heavy atom. The first-order chi connectivity index (χ1) is 6.56. The number of hydrogen-bond donors (Lipinski definition) is 2. The van der Waals surface area contributed by atoms with Crippen molar-refractivity contribution in [3.8, 4) is 5.75 Å². The smallest absolute Gasteiger partial charge is 0.168 e. The number of rotatable bonds is 3. The molecule has 0 saturated carbocycles. The van der Waals surface area contributed by atoms with Crippen LogP contribution in [0.5, 0.6) is 5.75 Å². The Balaban J connectivity index is 3.07. The molecule has 0 aliphatic rings. The van der Waals surface area contributed by atoms with Crippen LogP contribution in [0.25, 0.3) is 0 Å². The molecule has 1 aromatic carbocycles. The number of phenols is 1. The van der Waals surface area contributed by atoms with Crippen molar-refractivity contribution >= 4 is 0 Å². The number of nitrogens with one attached hydrogen (secondary N) is 1. The Kier molecular flexibility index (Phi) is 3.41. The quantitative estimate of drug-likeness (QED) is 0.786. The lowest BCUT2D eigenvalue weighted by molar-refractivity contribution is 0.411. The van der Waals surface area contributed by atoms with Crippen molar-refractivity contribution in [3.63, 3.8) is 0 Å². The minimum absolute atomic E-state index is 0.240. The number of phenolic OH excluding ortho intramolecular Hbond substituents is 1. The van der Waals surface area contributed by atoms with Gasteiger partial charge < -0.3 is 10.4 Å². The molecule has 0 spiro atoms. The predicted molar refractivity (Wildman–Crippen MR) is 50.1 cm³/mol. The highest BCUT2D eigenvalue weighted by atomic mass is 19.1. The summed E-state index contributed by atoms with van der Waals surface area (Å²) < 4.78 is 25.8. The van der Waals surface area contributed by atoms with E-state index in [4.69, 9.17) is 0 Å². The second kappa shape index (κ2) is 4.37. The van der Waals surface area contributed by atoms with Gasteiger partial charge in [0.05, 0.1) is 0 Å². The molecule has 0 aromatic heterocycles. The van der Waals surface area contributed by atoms with E-state index < -0.39 is 17.4 Å². The molecule has 4 heteroatoms. The van der Waals surface area contributed by atoms with Gasteiger partial charge in [-0.05, 0) is 19.5 Å². The van der Waals surface area contributed by atoms with Crippen LogP contribution in [0, 0.1) is 11.6 Å². The van der Waals surface area contributed by atoms with Gasteiger partial charge in [0, 0.05) is 17.7 Å². The van der Waals surface area contributed by atoms with E-state index in [1.54, 1.807) is 6.92 Å². The molecule has 1 rings (SSSR count). The lowest BCUT2D eigenvalue weighted by Gasteiger charge is -2.14. The lowest BCUT2D eigenvalue weighted by atomic mass is 10.1. The number of benzene rings is 1. The topological polar surface area (TPSA) is 32.3 Å². The van der Waals surface area contributed by atoms with E-state index in [0.29, 0.717) is 12.6 Å². The fourth-order valence-corrected chi connectivity index (χ4v) is 1.33. The van der Waals surface area contributed by atoms with Gasteiger partial charge in [0.25, 0.3) is 0 Å². The van der Waals surface area contributed by atoms with Crippen LogP contribution in [0.2, 0.25) is 0 Å². The summed E-state index contributed by atoms with van der Waals surface area (Å²) in [6.45, 7) is 4.28. The highest BCUT2D eigenvalue weighted by Crippen LogP contribution is 2.27. The Hall–Kier alpha value is -1.16. The van der Waals surface area contributed by atoms with Gasteiger partial charge in [0.15, 0.2) is 11.6 Å². The molecule has 1 unspecified atom stereocenters. The standard InChI is InChI=1S/C10H13F2NO/c1-3-13-6(2)8-4-7(11)5-9(12)10(8)14/h4-6,13-14H,3H2,1-2H3. The zero-order valence-corrected chi connectivity index (χ0v) is 8.14. The van der Waals surface area contributed by atoms with Gasteiger partial charge in [-0.1, -0.05) is 6.92 Å². The van der Waals surface area contributed by atoms with Crippen LogP contribution in [0.3, 0.4) is 0 Å². The molecule has 0 saturated heterocycles. The largest absolute Gasteiger partial charge is 0.505 e. The Bertz CT molecular complexity index is 328. The van der Waals surface area contributed by atoms with Crippen LogP contribution in [0.4, 0.5) is 8.78 Å². The number of halogens is 2. The predicted octanol–water partition coefficient (Wildman–Crippen LogP) is 2.34. The fourth-order valence-electron chi connectivity index (χ4n) is 1.33. The summed E-state index contributed by atoms with van der Waals surface area (Å²) in [4.78, 5) is 0. The molecular formula is C10H13F2NO. The normalized spacial score (nSPS) is 12.9. The molecule has 0 aliphatic carbocycles. The molecule has 0 amide bonds. The van der Waals surface area contributed by atoms with Gasteiger partial charge in [-0.3, -0.25) is 0 Å². The molecule has 2 N–H and O–H groups in total. The molecule has 0 fully saturated rings. The van der Waals surface area contributed by atoms with Crippen molar-refractivity contribution in [2.75, 3.05) is 6.54 Å². The summed E-state index contributed by atoms with van der Waals surface area (Å²) in [5.41, 5.74) is 0.240. The van der Waals surface area contributed by atoms with Crippen LogP contribution in [-0.4, -0.2) is 11.7 Å². The van der Waals surface area contributed by atoms with Crippen LogP contribution in [-0.2, 0) is 0 Å². The van der Waals surface area contributed by atoms with Gasteiger partial charge in [-0.2, -0.15) is 0 Å². The van der Waals surface area contributed by atoms with E-state index in [0.717, 1.165) is 6.07 Å². The molecular weight excluding hydrogens is 188 g/mol. The van der Waals surface area contributed by atoms with Crippen molar-refractivity contribution in [1.29, 1.82) is 0 Å². The number of aromatic hydroxyl groups is 1. The van der Waals surface area contributed by atoms with E-state index in [1.165, 1.54) is 0 Å². The molecule has 78 valence electrons. The first-order valence-electron chi connectivity index (χ1n) is 4.47. The van der Waals surface area contributed by atoms with Crippen molar-refractivity contribution in [2.24, 2.45) is 0 Å². The average Bonchev–Trinajstić information content (AvgIpc) is 2.11. The van der Waals surface area contributed by atoms with E-state index in [-0.39, 0.29) is 11.6 Å². The summed E-state index contributed by atoms with van der Waals surface area (Å²) >= 11 is 0. The molecule has 0 bridgehead atoms.